The van der Waals surface area contributed by atoms with Gasteiger partial charge in [0.25, 0.3) is 11.6 Å². The van der Waals surface area contributed by atoms with Crippen LogP contribution in [0.4, 0.5) is 11.4 Å². The number of amides is 1. The summed E-state index contributed by atoms with van der Waals surface area (Å²) in [6, 6.07) is 11.7. The molecular formula is C18H13ClN4O5. The molecule has 2 aromatic carbocycles. The number of aromatic nitrogens is 2. The summed E-state index contributed by atoms with van der Waals surface area (Å²) in [4.78, 5) is 34.8. The molecule has 28 heavy (non-hydrogen) atoms. The number of rotatable bonds is 5. The number of nitrogens with zero attached hydrogens (tertiary/aromatic N) is 3. The first-order valence-corrected chi connectivity index (χ1v) is 8.26. The molecular weight excluding hydrogens is 388 g/mol. The first-order chi connectivity index (χ1) is 13.4. The topological polar surface area (TPSA) is 116 Å². The standard InChI is InChI=1S/C18H13ClN4O5/c1-28-18(25)14-9-11(19)5-6-15(14)20-17(24)16-7-8-22(21-16)12-3-2-4-13(10-12)23(26)27/h2-10H,1H3,(H,20,24). The van der Waals surface area contributed by atoms with Crippen LogP contribution in [0.3, 0.4) is 0 Å². The average molecular weight is 401 g/mol. The SMILES string of the molecule is COC(=O)c1cc(Cl)ccc1NC(=O)c1ccn(-c2cccc([N+](=O)[O-])c2)n1. The Morgan fingerprint density at radius 3 is 2.71 bits per heavy atom. The van der Waals surface area contributed by atoms with Crippen molar-refractivity contribution in [2.45, 2.75) is 0 Å². The predicted octanol–water partition coefficient (Wildman–Crippen LogP) is 3.47. The summed E-state index contributed by atoms with van der Waals surface area (Å²) < 4.78 is 6.03. The predicted molar refractivity (Wildman–Crippen MR) is 101 cm³/mol. The summed E-state index contributed by atoms with van der Waals surface area (Å²) in [5.74, 6) is -1.23. The fraction of sp³-hybridized carbons (Fsp3) is 0.0556. The normalized spacial score (nSPS) is 10.4. The van der Waals surface area contributed by atoms with Crippen molar-refractivity contribution in [3.8, 4) is 5.69 Å². The number of esters is 1. The number of nitro groups is 1. The van der Waals surface area contributed by atoms with Crippen LogP contribution in [0.5, 0.6) is 0 Å². The number of nitro benzene ring substituents is 1. The number of carbonyl (C=O) groups is 2. The van der Waals surface area contributed by atoms with Gasteiger partial charge in [-0.25, -0.2) is 9.48 Å². The van der Waals surface area contributed by atoms with E-state index in [1.54, 1.807) is 6.07 Å². The molecule has 10 heteroatoms. The fourth-order valence-corrected chi connectivity index (χ4v) is 2.60. The Labute approximate surface area is 163 Å². The number of benzene rings is 2. The van der Waals surface area contributed by atoms with E-state index in [2.05, 4.69) is 15.2 Å². The molecule has 142 valence electrons. The minimum Gasteiger partial charge on any atom is -0.465 e. The minimum absolute atomic E-state index is 0.0530. The molecule has 0 fully saturated rings. The molecule has 3 aromatic rings. The molecule has 1 amide bonds. The number of halogens is 1. The van der Waals surface area contributed by atoms with E-state index in [0.717, 1.165) is 0 Å². The molecule has 0 aliphatic rings. The summed E-state index contributed by atoms with van der Waals surface area (Å²) in [6.07, 6.45) is 1.50. The van der Waals surface area contributed by atoms with E-state index < -0.39 is 16.8 Å². The van der Waals surface area contributed by atoms with Gasteiger partial charge < -0.3 is 10.1 Å². The van der Waals surface area contributed by atoms with E-state index in [1.165, 1.54) is 60.5 Å². The Morgan fingerprint density at radius 2 is 2.00 bits per heavy atom. The van der Waals surface area contributed by atoms with Crippen molar-refractivity contribution in [3.63, 3.8) is 0 Å². The third kappa shape index (κ3) is 3.99. The molecule has 0 saturated heterocycles. The van der Waals surface area contributed by atoms with E-state index in [1.807, 2.05) is 0 Å². The first-order valence-electron chi connectivity index (χ1n) is 7.89. The van der Waals surface area contributed by atoms with Crippen LogP contribution in [-0.4, -0.2) is 33.7 Å². The van der Waals surface area contributed by atoms with E-state index in [9.17, 15) is 19.7 Å². The maximum absolute atomic E-state index is 12.5. The zero-order chi connectivity index (χ0) is 20.3. The minimum atomic E-state index is -0.653. The Bertz CT molecular complexity index is 1080. The van der Waals surface area contributed by atoms with Crippen LogP contribution in [-0.2, 0) is 4.74 Å². The number of non-ortho nitro benzene ring substituents is 1. The largest absolute Gasteiger partial charge is 0.465 e. The van der Waals surface area contributed by atoms with Gasteiger partial charge in [0.05, 0.1) is 29.0 Å². The van der Waals surface area contributed by atoms with Crippen LogP contribution in [0.2, 0.25) is 5.02 Å². The zero-order valence-corrected chi connectivity index (χ0v) is 15.2. The number of ether oxygens (including phenoxy) is 1. The van der Waals surface area contributed by atoms with Crippen LogP contribution in [0.25, 0.3) is 5.69 Å². The molecule has 1 N–H and O–H groups in total. The number of carbonyl (C=O) groups excluding carboxylic acids is 2. The Hall–Kier alpha value is -3.72. The van der Waals surface area contributed by atoms with Crippen LogP contribution >= 0.6 is 11.6 Å². The quantitative estimate of drug-likeness (QED) is 0.398. The molecule has 3 rings (SSSR count). The van der Waals surface area contributed by atoms with Crippen LogP contribution in [0, 0.1) is 10.1 Å². The van der Waals surface area contributed by atoms with Crippen molar-refractivity contribution < 1.29 is 19.2 Å². The third-order valence-corrected chi connectivity index (χ3v) is 4.00. The fourth-order valence-electron chi connectivity index (χ4n) is 2.43. The highest BCUT2D eigenvalue weighted by Crippen LogP contribution is 2.22. The zero-order valence-electron chi connectivity index (χ0n) is 14.5. The average Bonchev–Trinajstić information content (AvgIpc) is 3.19. The Morgan fingerprint density at radius 1 is 1.21 bits per heavy atom. The second-order valence-corrected chi connectivity index (χ2v) is 5.99. The summed E-state index contributed by atoms with van der Waals surface area (Å²) in [7, 11) is 1.22. The molecule has 0 atom stereocenters. The van der Waals surface area contributed by atoms with Gasteiger partial charge in [0.15, 0.2) is 5.69 Å². The van der Waals surface area contributed by atoms with Gasteiger partial charge in [-0.2, -0.15) is 5.10 Å². The first kappa shape index (κ1) is 19.1. The lowest BCUT2D eigenvalue weighted by molar-refractivity contribution is -0.384. The summed E-state index contributed by atoms with van der Waals surface area (Å²) >= 11 is 5.89. The van der Waals surface area contributed by atoms with Crippen LogP contribution in [0.1, 0.15) is 20.8 Å². The van der Waals surface area contributed by atoms with Gasteiger partial charge in [-0.15, -0.1) is 0 Å². The highest BCUT2D eigenvalue weighted by molar-refractivity contribution is 6.31. The van der Waals surface area contributed by atoms with E-state index in [4.69, 9.17) is 11.6 Å². The number of hydrogen-bond donors (Lipinski definition) is 1. The maximum atomic E-state index is 12.5. The van der Waals surface area contributed by atoms with Crippen molar-refractivity contribution in [1.82, 2.24) is 9.78 Å². The van der Waals surface area contributed by atoms with Crippen LogP contribution in [0.15, 0.2) is 54.7 Å². The molecule has 0 aliphatic carbocycles. The van der Waals surface area contributed by atoms with Gasteiger partial charge in [-0.3, -0.25) is 14.9 Å². The summed E-state index contributed by atoms with van der Waals surface area (Å²) in [5, 5.41) is 17.9. The van der Waals surface area contributed by atoms with E-state index in [-0.39, 0.29) is 22.6 Å². The molecule has 0 bridgehead atoms. The summed E-state index contributed by atoms with van der Waals surface area (Å²) in [5.41, 5.74) is 0.697. The highest BCUT2D eigenvalue weighted by Gasteiger charge is 2.17. The Kier molecular flexibility index (Phi) is 5.37. The molecule has 0 saturated carbocycles. The van der Waals surface area contributed by atoms with Gasteiger partial charge in [-0.1, -0.05) is 17.7 Å². The van der Waals surface area contributed by atoms with E-state index >= 15 is 0 Å². The van der Waals surface area contributed by atoms with Gasteiger partial charge >= 0.3 is 5.97 Å². The highest BCUT2D eigenvalue weighted by atomic mass is 35.5. The van der Waals surface area contributed by atoms with Crippen molar-refractivity contribution in [1.29, 1.82) is 0 Å². The lowest BCUT2D eigenvalue weighted by atomic mass is 10.1. The molecule has 0 radical (unpaired) electrons. The van der Waals surface area contributed by atoms with Gasteiger partial charge in [0, 0.05) is 23.4 Å². The lowest BCUT2D eigenvalue weighted by Crippen LogP contribution is -2.16. The second-order valence-electron chi connectivity index (χ2n) is 5.56. The van der Waals surface area contributed by atoms with Crippen molar-refractivity contribution in [3.05, 3.63) is 81.1 Å². The van der Waals surface area contributed by atoms with Gasteiger partial charge in [-0.05, 0) is 30.3 Å². The number of nitrogens with one attached hydrogen (secondary N) is 1. The summed E-state index contributed by atoms with van der Waals surface area (Å²) in [6.45, 7) is 0. The molecule has 1 aromatic heterocycles. The number of hydrogen-bond acceptors (Lipinski definition) is 6. The molecule has 0 unspecified atom stereocenters. The molecule has 0 aliphatic heterocycles. The smallest absolute Gasteiger partial charge is 0.340 e. The van der Waals surface area contributed by atoms with Crippen molar-refractivity contribution in [2.75, 3.05) is 12.4 Å². The van der Waals surface area contributed by atoms with Crippen molar-refractivity contribution >= 4 is 34.9 Å². The molecule has 0 spiro atoms. The monoisotopic (exact) mass is 400 g/mol. The lowest BCUT2D eigenvalue weighted by Gasteiger charge is -2.09. The number of anilines is 1. The number of methoxy groups -OCH3 is 1. The van der Waals surface area contributed by atoms with Crippen LogP contribution < -0.4 is 5.32 Å². The maximum Gasteiger partial charge on any atom is 0.340 e. The Balaban J connectivity index is 1.85. The molecule has 1 heterocycles. The van der Waals surface area contributed by atoms with E-state index in [0.29, 0.717) is 10.7 Å². The van der Waals surface area contributed by atoms with Crippen molar-refractivity contribution in [2.24, 2.45) is 0 Å². The second kappa shape index (κ2) is 7.89. The van der Waals surface area contributed by atoms with Gasteiger partial charge in [0.2, 0.25) is 0 Å². The van der Waals surface area contributed by atoms with Gasteiger partial charge in [0.1, 0.15) is 0 Å². The third-order valence-electron chi connectivity index (χ3n) is 3.76. The molecule has 9 nitrogen and oxygen atoms in total.